The Kier molecular flexibility index (Phi) is 8.85. The molecule has 0 saturated heterocycles. The largest absolute Gasteiger partial charge is 0.512 e. The summed E-state index contributed by atoms with van der Waals surface area (Å²) < 4.78 is 10.5. The number of allylic oxidation sites excluding steroid dienone is 1. The Morgan fingerprint density at radius 1 is 1.36 bits per heavy atom. The van der Waals surface area contributed by atoms with Crippen LogP contribution in [-0.2, 0) is 14.3 Å². The van der Waals surface area contributed by atoms with Crippen LogP contribution in [0.1, 0.15) is 39.5 Å². The van der Waals surface area contributed by atoms with Gasteiger partial charge in [0.05, 0.1) is 12.4 Å². The minimum Gasteiger partial charge on any atom is -0.512 e. The van der Waals surface area contributed by atoms with Gasteiger partial charge in [0, 0.05) is 46.3 Å². The Morgan fingerprint density at radius 3 is 2.64 bits per heavy atom. The number of hydrogen-bond acceptors (Lipinski definition) is 4. The molecule has 1 aliphatic rings. The van der Waals surface area contributed by atoms with Crippen LogP contribution in [0.5, 0.6) is 0 Å². The van der Waals surface area contributed by atoms with E-state index in [1.54, 1.807) is 20.1 Å². The van der Waals surface area contributed by atoms with Gasteiger partial charge in [-0.3, -0.25) is 4.79 Å². The third-order valence-electron chi connectivity index (χ3n) is 3.56. The SMILES string of the molecule is CC/C(O)=C\C(=C/COCCCOC)CN(C(C)=O)C1CC1. The molecule has 0 aromatic rings. The highest BCUT2D eigenvalue weighted by Crippen LogP contribution is 2.27. The van der Waals surface area contributed by atoms with Gasteiger partial charge in [0.25, 0.3) is 0 Å². The number of aliphatic hydroxyl groups excluding tert-OH is 1. The van der Waals surface area contributed by atoms with Gasteiger partial charge in [-0.15, -0.1) is 0 Å². The first-order chi connectivity index (χ1) is 10.6. The molecular formula is C17H29NO4. The summed E-state index contributed by atoms with van der Waals surface area (Å²) in [7, 11) is 1.67. The molecule has 1 aliphatic carbocycles. The summed E-state index contributed by atoms with van der Waals surface area (Å²) in [6, 6.07) is 0.362. The van der Waals surface area contributed by atoms with Crippen LogP contribution >= 0.6 is 0 Å². The van der Waals surface area contributed by atoms with E-state index in [1.807, 2.05) is 17.9 Å². The number of aliphatic hydroxyl groups is 1. The molecule has 1 rings (SSSR count). The van der Waals surface area contributed by atoms with E-state index in [0.717, 1.165) is 24.8 Å². The summed E-state index contributed by atoms with van der Waals surface area (Å²) in [6.07, 6.45) is 7.27. The molecule has 1 fully saturated rings. The van der Waals surface area contributed by atoms with E-state index in [4.69, 9.17) is 9.47 Å². The Balaban J connectivity index is 2.56. The molecule has 0 spiro atoms. The van der Waals surface area contributed by atoms with Gasteiger partial charge in [-0.05, 0) is 30.9 Å². The lowest BCUT2D eigenvalue weighted by Gasteiger charge is -2.21. The lowest BCUT2D eigenvalue weighted by molar-refractivity contribution is -0.128. The van der Waals surface area contributed by atoms with E-state index in [9.17, 15) is 9.90 Å². The predicted molar refractivity (Wildman–Crippen MR) is 86.8 cm³/mol. The van der Waals surface area contributed by atoms with Gasteiger partial charge in [0.1, 0.15) is 0 Å². The van der Waals surface area contributed by atoms with Gasteiger partial charge in [-0.25, -0.2) is 0 Å². The van der Waals surface area contributed by atoms with E-state index in [2.05, 4.69) is 0 Å². The van der Waals surface area contributed by atoms with Crippen LogP contribution in [-0.4, -0.2) is 55.4 Å². The van der Waals surface area contributed by atoms with Gasteiger partial charge in [-0.1, -0.05) is 13.0 Å². The second kappa shape index (κ2) is 10.4. The second-order valence-corrected chi connectivity index (χ2v) is 5.57. The fourth-order valence-corrected chi connectivity index (χ4v) is 2.12. The molecule has 0 aliphatic heterocycles. The van der Waals surface area contributed by atoms with Crippen LogP contribution in [0.15, 0.2) is 23.5 Å². The highest BCUT2D eigenvalue weighted by Gasteiger charge is 2.30. The molecule has 1 N–H and O–H groups in total. The number of methoxy groups -OCH3 is 1. The fourth-order valence-electron chi connectivity index (χ4n) is 2.12. The van der Waals surface area contributed by atoms with Crippen LogP contribution in [0.25, 0.3) is 0 Å². The molecule has 22 heavy (non-hydrogen) atoms. The molecule has 0 radical (unpaired) electrons. The third kappa shape index (κ3) is 7.61. The number of hydrogen-bond donors (Lipinski definition) is 1. The lowest BCUT2D eigenvalue weighted by atomic mass is 10.2. The number of carbonyl (C=O) groups excluding carboxylic acids is 1. The lowest BCUT2D eigenvalue weighted by Crippen LogP contribution is -2.32. The number of ether oxygens (including phenoxy) is 2. The van der Waals surface area contributed by atoms with E-state index in [-0.39, 0.29) is 5.91 Å². The van der Waals surface area contributed by atoms with Crippen LogP contribution in [0.3, 0.4) is 0 Å². The molecule has 0 aromatic carbocycles. The highest BCUT2D eigenvalue weighted by atomic mass is 16.5. The summed E-state index contributed by atoms with van der Waals surface area (Å²) in [5.74, 6) is 0.406. The molecule has 0 atom stereocenters. The summed E-state index contributed by atoms with van der Waals surface area (Å²) in [4.78, 5) is 13.6. The van der Waals surface area contributed by atoms with Crippen LogP contribution in [0, 0.1) is 0 Å². The first-order valence-corrected chi connectivity index (χ1v) is 8.01. The van der Waals surface area contributed by atoms with Gasteiger partial charge in [-0.2, -0.15) is 0 Å². The quantitative estimate of drug-likeness (QED) is 0.362. The maximum atomic E-state index is 11.7. The number of nitrogens with zero attached hydrogens (tertiary/aromatic N) is 1. The smallest absolute Gasteiger partial charge is 0.219 e. The van der Waals surface area contributed by atoms with Crippen molar-refractivity contribution in [2.45, 2.75) is 45.6 Å². The van der Waals surface area contributed by atoms with Crippen LogP contribution < -0.4 is 0 Å². The molecule has 1 amide bonds. The Hall–Kier alpha value is -1.33. The second-order valence-electron chi connectivity index (χ2n) is 5.57. The van der Waals surface area contributed by atoms with Crippen molar-refractivity contribution in [1.82, 2.24) is 4.90 Å². The third-order valence-corrected chi connectivity index (χ3v) is 3.56. The van der Waals surface area contributed by atoms with E-state index in [0.29, 0.717) is 44.6 Å². The van der Waals surface area contributed by atoms with Gasteiger partial charge < -0.3 is 19.5 Å². The van der Waals surface area contributed by atoms with Crippen molar-refractivity contribution in [3.05, 3.63) is 23.5 Å². The Labute approximate surface area is 133 Å². The van der Waals surface area contributed by atoms with E-state index < -0.39 is 0 Å². The standard InChI is InChI=1S/C17H29NO4/c1-4-17(20)12-15(8-11-22-10-5-9-21-3)13-18(14(2)19)16-6-7-16/h8,12,16,20H,4-7,9-11,13H2,1-3H3/b15-8+,17-12+. The minimum atomic E-state index is 0.0822. The van der Waals surface area contributed by atoms with Gasteiger partial charge in [0.15, 0.2) is 0 Å². The Morgan fingerprint density at radius 2 is 2.09 bits per heavy atom. The van der Waals surface area contributed by atoms with Crippen molar-refractivity contribution in [1.29, 1.82) is 0 Å². The van der Waals surface area contributed by atoms with Crippen molar-refractivity contribution in [2.24, 2.45) is 0 Å². The maximum Gasteiger partial charge on any atom is 0.219 e. The van der Waals surface area contributed by atoms with Gasteiger partial charge in [0.2, 0.25) is 5.91 Å². The zero-order valence-corrected chi connectivity index (χ0v) is 14.0. The maximum absolute atomic E-state index is 11.7. The van der Waals surface area contributed by atoms with Crippen LogP contribution in [0.4, 0.5) is 0 Å². The number of amides is 1. The summed E-state index contributed by atoms with van der Waals surface area (Å²) in [6.45, 7) is 5.83. The van der Waals surface area contributed by atoms with Crippen molar-refractivity contribution in [3.8, 4) is 0 Å². The topological polar surface area (TPSA) is 59.0 Å². The first-order valence-electron chi connectivity index (χ1n) is 8.01. The summed E-state index contributed by atoms with van der Waals surface area (Å²) >= 11 is 0. The van der Waals surface area contributed by atoms with Crippen molar-refractivity contribution >= 4 is 5.91 Å². The van der Waals surface area contributed by atoms with E-state index in [1.165, 1.54) is 0 Å². The molecule has 5 nitrogen and oxygen atoms in total. The molecule has 126 valence electrons. The number of rotatable bonds is 11. The van der Waals surface area contributed by atoms with Gasteiger partial charge >= 0.3 is 0 Å². The average Bonchev–Trinajstić information content (AvgIpc) is 3.31. The Bertz CT molecular complexity index is 399. The molecule has 5 heteroatoms. The molecular weight excluding hydrogens is 282 g/mol. The summed E-state index contributed by atoms with van der Waals surface area (Å²) in [5.41, 5.74) is 0.924. The zero-order chi connectivity index (χ0) is 16.4. The van der Waals surface area contributed by atoms with Crippen molar-refractivity contribution in [3.63, 3.8) is 0 Å². The van der Waals surface area contributed by atoms with Crippen molar-refractivity contribution < 1.29 is 19.4 Å². The fraction of sp³-hybridized carbons (Fsp3) is 0.706. The van der Waals surface area contributed by atoms with Crippen molar-refractivity contribution in [2.75, 3.05) is 33.5 Å². The zero-order valence-electron chi connectivity index (χ0n) is 14.0. The molecule has 0 aromatic heterocycles. The molecule has 0 heterocycles. The van der Waals surface area contributed by atoms with E-state index >= 15 is 0 Å². The average molecular weight is 311 g/mol. The number of carbonyl (C=O) groups is 1. The van der Waals surface area contributed by atoms with Crippen LogP contribution in [0.2, 0.25) is 0 Å². The normalized spacial score (nSPS) is 16.0. The molecule has 0 bridgehead atoms. The monoisotopic (exact) mass is 311 g/mol. The molecule has 0 unspecified atom stereocenters. The predicted octanol–water partition coefficient (Wildman–Crippen LogP) is 2.83. The minimum absolute atomic E-state index is 0.0822. The first kappa shape index (κ1) is 18.7. The summed E-state index contributed by atoms with van der Waals surface area (Å²) in [5, 5.41) is 9.77. The highest BCUT2D eigenvalue weighted by molar-refractivity contribution is 5.74. The molecule has 1 saturated carbocycles.